The lowest BCUT2D eigenvalue weighted by Crippen LogP contribution is -2.20. The van der Waals surface area contributed by atoms with Crippen LogP contribution in [0, 0.1) is 0 Å². The van der Waals surface area contributed by atoms with Gasteiger partial charge in [0.05, 0.1) is 12.2 Å². The number of unbranched alkanes of at least 4 members (excludes halogenated alkanes) is 30. The zero-order valence-electron chi connectivity index (χ0n) is 43.4. The van der Waals surface area contributed by atoms with Crippen LogP contribution in [0.3, 0.4) is 0 Å². The number of carbonyl (C=O) groups is 3. The van der Waals surface area contributed by atoms with E-state index >= 15 is 0 Å². The minimum atomic E-state index is -0.0491. The molecular weight excluding hydrogens is 795 g/mol. The molecule has 0 heterocycles. The SMILES string of the molecule is CC(C)OC(=O)CCCCCCCCC/C=C\CCCCCCCCCCC(CCCCCCCCCC/C=C\CCCCCCCCCC(=O)OC(C)C)OC(=O)CCCN(C)C. The van der Waals surface area contributed by atoms with Crippen molar-refractivity contribution in [2.24, 2.45) is 0 Å². The largest absolute Gasteiger partial charge is 0.463 e. The highest BCUT2D eigenvalue weighted by Gasteiger charge is 2.14. The van der Waals surface area contributed by atoms with E-state index < -0.39 is 0 Å². The third-order valence-electron chi connectivity index (χ3n) is 12.1. The van der Waals surface area contributed by atoms with Gasteiger partial charge in [-0.2, -0.15) is 0 Å². The van der Waals surface area contributed by atoms with Crippen LogP contribution in [0.2, 0.25) is 0 Å². The van der Waals surface area contributed by atoms with Crippen molar-refractivity contribution in [3.05, 3.63) is 24.3 Å². The molecule has 0 aromatic rings. The van der Waals surface area contributed by atoms with Crippen molar-refractivity contribution in [2.75, 3.05) is 20.6 Å². The van der Waals surface area contributed by atoms with E-state index in [1.165, 1.54) is 193 Å². The molecule has 0 aliphatic rings. The van der Waals surface area contributed by atoms with Crippen molar-refractivity contribution >= 4 is 17.9 Å². The Balaban J connectivity index is 3.83. The first kappa shape index (κ1) is 61.9. The summed E-state index contributed by atoms with van der Waals surface area (Å²) in [5, 5.41) is 0. The van der Waals surface area contributed by atoms with Gasteiger partial charge in [0.2, 0.25) is 0 Å². The van der Waals surface area contributed by atoms with Gasteiger partial charge < -0.3 is 19.1 Å². The van der Waals surface area contributed by atoms with Gasteiger partial charge >= 0.3 is 17.9 Å². The Kier molecular flexibility index (Phi) is 47.1. The molecule has 0 aromatic carbocycles. The topological polar surface area (TPSA) is 82.1 Å². The van der Waals surface area contributed by atoms with Gasteiger partial charge in [0.1, 0.15) is 6.10 Å². The molecule has 0 atom stereocenters. The maximum atomic E-state index is 12.7. The fraction of sp³-hybridized carbons (Fsp3) is 0.877. The van der Waals surface area contributed by atoms with Crippen molar-refractivity contribution in [2.45, 2.75) is 303 Å². The van der Waals surface area contributed by atoms with Crippen LogP contribution in [-0.4, -0.2) is 61.8 Å². The molecule has 0 aliphatic heterocycles. The number of nitrogens with zero attached hydrogens (tertiary/aromatic N) is 1. The van der Waals surface area contributed by atoms with E-state index in [1.807, 2.05) is 27.7 Å². The van der Waals surface area contributed by atoms with Gasteiger partial charge in [-0.05, 0) is 145 Å². The smallest absolute Gasteiger partial charge is 0.306 e. The highest BCUT2D eigenvalue weighted by atomic mass is 16.5. The van der Waals surface area contributed by atoms with Crippen LogP contribution >= 0.6 is 0 Å². The molecule has 376 valence electrons. The predicted octanol–water partition coefficient (Wildman–Crippen LogP) is 17.1. The van der Waals surface area contributed by atoms with Gasteiger partial charge in [0, 0.05) is 19.3 Å². The minimum Gasteiger partial charge on any atom is -0.463 e. The molecule has 0 amide bonds. The maximum absolute atomic E-state index is 12.7. The van der Waals surface area contributed by atoms with Crippen LogP contribution in [-0.2, 0) is 28.6 Å². The number of hydrogen-bond acceptors (Lipinski definition) is 7. The summed E-state index contributed by atoms with van der Waals surface area (Å²) in [5.74, 6) is -0.0979. The summed E-state index contributed by atoms with van der Waals surface area (Å²) in [6.45, 7) is 8.56. The summed E-state index contributed by atoms with van der Waals surface area (Å²) in [6, 6.07) is 0. The molecule has 0 unspecified atom stereocenters. The maximum Gasteiger partial charge on any atom is 0.306 e. The predicted molar refractivity (Wildman–Crippen MR) is 274 cm³/mol. The summed E-state index contributed by atoms with van der Waals surface area (Å²) in [5.41, 5.74) is 0. The van der Waals surface area contributed by atoms with E-state index in [1.54, 1.807) is 0 Å². The van der Waals surface area contributed by atoms with Crippen LogP contribution in [0.25, 0.3) is 0 Å². The molecule has 64 heavy (non-hydrogen) atoms. The van der Waals surface area contributed by atoms with Crippen LogP contribution in [0.5, 0.6) is 0 Å². The van der Waals surface area contributed by atoms with Crippen LogP contribution < -0.4 is 0 Å². The van der Waals surface area contributed by atoms with Gasteiger partial charge in [-0.25, -0.2) is 0 Å². The highest BCUT2D eigenvalue weighted by Crippen LogP contribution is 2.19. The fourth-order valence-corrected chi connectivity index (χ4v) is 8.38. The molecule has 7 heteroatoms. The summed E-state index contributed by atoms with van der Waals surface area (Å²) in [6.07, 6.45) is 57.0. The Morgan fingerprint density at radius 3 is 0.891 bits per heavy atom. The Bertz CT molecular complexity index is 1010. The van der Waals surface area contributed by atoms with E-state index in [2.05, 4.69) is 43.3 Å². The molecule has 7 nitrogen and oxygen atoms in total. The number of allylic oxidation sites excluding steroid dienone is 4. The van der Waals surface area contributed by atoms with Gasteiger partial charge in [0.25, 0.3) is 0 Å². The Morgan fingerprint density at radius 1 is 0.344 bits per heavy atom. The molecule has 0 rings (SSSR count). The molecule has 0 fully saturated rings. The number of carbonyl (C=O) groups excluding carboxylic acids is 3. The average Bonchev–Trinajstić information content (AvgIpc) is 3.23. The summed E-state index contributed by atoms with van der Waals surface area (Å²) >= 11 is 0. The third kappa shape index (κ3) is 50.8. The van der Waals surface area contributed by atoms with Crippen LogP contribution in [0.15, 0.2) is 24.3 Å². The second-order valence-electron chi connectivity index (χ2n) is 19.9. The molecular formula is C57H107NO6. The zero-order valence-corrected chi connectivity index (χ0v) is 43.4. The monoisotopic (exact) mass is 902 g/mol. The summed E-state index contributed by atoms with van der Waals surface area (Å²) in [4.78, 5) is 38.0. The van der Waals surface area contributed by atoms with Crippen molar-refractivity contribution in [3.63, 3.8) is 0 Å². The number of ether oxygens (including phenoxy) is 3. The summed E-state index contributed by atoms with van der Waals surface area (Å²) in [7, 11) is 4.12. The lowest BCUT2D eigenvalue weighted by molar-refractivity contribution is -0.150. The molecule has 0 N–H and O–H groups in total. The van der Waals surface area contributed by atoms with E-state index in [0.717, 1.165) is 51.5 Å². The summed E-state index contributed by atoms with van der Waals surface area (Å²) < 4.78 is 16.4. The number of hydrogen-bond donors (Lipinski definition) is 0. The van der Waals surface area contributed by atoms with Crippen molar-refractivity contribution in [3.8, 4) is 0 Å². The van der Waals surface area contributed by atoms with Crippen LogP contribution in [0.1, 0.15) is 285 Å². The minimum absolute atomic E-state index is 0.000150. The molecule has 0 spiro atoms. The second kappa shape index (κ2) is 48.8. The Labute approximate surface area is 397 Å². The van der Waals surface area contributed by atoms with Gasteiger partial charge in [-0.3, -0.25) is 14.4 Å². The van der Waals surface area contributed by atoms with Gasteiger partial charge in [-0.1, -0.05) is 166 Å². The molecule has 0 bridgehead atoms. The van der Waals surface area contributed by atoms with Crippen LogP contribution in [0.4, 0.5) is 0 Å². The van der Waals surface area contributed by atoms with Crippen molar-refractivity contribution in [1.29, 1.82) is 0 Å². The molecule has 0 radical (unpaired) electrons. The van der Waals surface area contributed by atoms with E-state index in [-0.39, 0.29) is 36.2 Å². The van der Waals surface area contributed by atoms with Crippen molar-refractivity contribution < 1.29 is 28.6 Å². The lowest BCUT2D eigenvalue weighted by atomic mass is 10.0. The van der Waals surface area contributed by atoms with E-state index in [4.69, 9.17) is 14.2 Å². The second-order valence-corrected chi connectivity index (χ2v) is 19.9. The number of rotatable bonds is 49. The first-order valence-corrected chi connectivity index (χ1v) is 27.6. The van der Waals surface area contributed by atoms with Gasteiger partial charge in [-0.15, -0.1) is 0 Å². The van der Waals surface area contributed by atoms with Crippen molar-refractivity contribution in [1.82, 2.24) is 4.90 Å². The molecule has 0 aromatic heterocycles. The fourth-order valence-electron chi connectivity index (χ4n) is 8.38. The first-order chi connectivity index (χ1) is 31.1. The third-order valence-corrected chi connectivity index (χ3v) is 12.1. The molecule has 0 saturated carbocycles. The number of esters is 3. The molecule has 0 saturated heterocycles. The highest BCUT2D eigenvalue weighted by molar-refractivity contribution is 5.70. The van der Waals surface area contributed by atoms with E-state index in [0.29, 0.717) is 19.3 Å². The Morgan fingerprint density at radius 2 is 0.594 bits per heavy atom. The standard InChI is InChI=1S/C57H107NO6/c1-52(2)62-55(59)48-43-39-35-31-27-23-19-15-11-7-9-13-17-21-25-29-33-37-41-46-54(64-57(61)50-45-51-58(5)6)47-42-38-34-30-26-22-18-14-10-8-12-16-20-24-28-32-36-40-44-49-56(60)63-53(3)4/h7-8,11-12,52-54H,9-10,13-51H2,1-6H3/b11-7-,12-8-. The quantitative estimate of drug-likeness (QED) is 0.0260. The average molecular weight is 902 g/mol. The van der Waals surface area contributed by atoms with E-state index in [9.17, 15) is 14.4 Å². The van der Waals surface area contributed by atoms with Gasteiger partial charge in [0.15, 0.2) is 0 Å². The molecule has 0 aliphatic carbocycles. The first-order valence-electron chi connectivity index (χ1n) is 27.6. The lowest BCUT2D eigenvalue weighted by Gasteiger charge is -2.18. The zero-order chi connectivity index (χ0) is 47.0. The Hall–Kier alpha value is -2.15. The normalized spacial score (nSPS) is 12.0.